The molecule has 26 heavy (non-hydrogen) atoms. The molecule has 2 rings (SSSR count). The van der Waals surface area contributed by atoms with Crippen molar-refractivity contribution >= 4 is 21.7 Å². The minimum Gasteiger partial charge on any atom is -0.497 e. The van der Waals surface area contributed by atoms with Crippen LogP contribution in [0.15, 0.2) is 35.2 Å². The molecule has 0 saturated carbocycles. The number of benzene rings is 2. The van der Waals surface area contributed by atoms with E-state index in [0.717, 1.165) is 0 Å². The third kappa shape index (κ3) is 3.90. The van der Waals surface area contributed by atoms with Crippen LogP contribution in [0.3, 0.4) is 0 Å². The fourth-order valence-electron chi connectivity index (χ4n) is 2.00. The molecular weight excluding hydrogens is 375 g/mol. The average molecular weight is 389 g/mol. The van der Waals surface area contributed by atoms with Gasteiger partial charge in [0.1, 0.15) is 10.6 Å². The van der Waals surface area contributed by atoms with Gasteiger partial charge in [0.15, 0.2) is 17.5 Å². The van der Waals surface area contributed by atoms with Gasteiger partial charge in [-0.15, -0.1) is 0 Å². The van der Waals surface area contributed by atoms with Crippen LogP contribution in [0.25, 0.3) is 0 Å². The zero-order valence-electron chi connectivity index (χ0n) is 13.7. The summed E-state index contributed by atoms with van der Waals surface area (Å²) >= 11 is 0. The molecule has 0 radical (unpaired) electrons. The lowest BCUT2D eigenvalue weighted by Gasteiger charge is -2.12. The van der Waals surface area contributed by atoms with Gasteiger partial charge in [-0.1, -0.05) is 0 Å². The Bertz CT molecular complexity index is 930. The van der Waals surface area contributed by atoms with Crippen LogP contribution in [-0.4, -0.2) is 28.1 Å². The van der Waals surface area contributed by atoms with Crippen molar-refractivity contribution in [3.8, 4) is 5.75 Å². The Morgan fingerprint density at radius 3 is 2.23 bits per heavy atom. The van der Waals surface area contributed by atoms with Crippen molar-refractivity contribution in [3.63, 3.8) is 0 Å². The first-order chi connectivity index (χ1) is 12.2. The zero-order chi connectivity index (χ0) is 19.5. The van der Waals surface area contributed by atoms with Crippen molar-refractivity contribution in [1.29, 1.82) is 0 Å². The minimum atomic E-state index is -4.65. The highest BCUT2D eigenvalue weighted by atomic mass is 32.2. The van der Waals surface area contributed by atoms with Gasteiger partial charge >= 0.3 is 5.97 Å². The largest absolute Gasteiger partial charge is 0.497 e. The van der Waals surface area contributed by atoms with Crippen LogP contribution in [-0.2, 0) is 14.8 Å². The summed E-state index contributed by atoms with van der Waals surface area (Å²) in [6.45, 7) is 1.25. The van der Waals surface area contributed by atoms with Gasteiger partial charge in [-0.2, -0.15) is 0 Å². The van der Waals surface area contributed by atoms with Crippen molar-refractivity contribution in [1.82, 2.24) is 0 Å². The number of methoxy groups -OCH3 is 1. The van der Waals surface area contributed by atoms with Crippen molar-refractivity contribution < 1.29 is 35.9 Å². The summed E-state index contributed by atoms with van der Waals surface area (Å²) in [6.07, 6.45) is 0. The molecule has 1 N–H and O–H groups in total. The van der Waals surface area contributed by atoms with E-state index in [1.165, 1.54) is 38.3 Å². The molecule has 0 aliphatic rings. The quantitative estimate of drug-likeness (QED) is 0.607. The van der Waals surface area contributed by atoms with E-state index in [-0.39, 0.29) is 12.3 Å². The standard InChI is InChI=1S/C16H14F3NO5S/c1-3-25-16(21)11-8-12(14(18)15(19)13(11)17)26(22,23)20-9-4-6-10(24-2)7-5-9/h4-8,20H,3H2,1-2H3. The van der Waals surface area contributed by atoms with E-state index < -0.39 is 43.9 Å². The highest BCUT2D eigenvalue weighted by Crippen LogP contribution is 2.26. The summed E-state index contributed by atoms with van der Waals surface area (Å²) in [5.74, 6) is -6.74. The van der Waals surface area contributed by atoms with Crippen LogP contribution >= 0.6 is 0 Å². The Hall–Kier alpha value is -2.75. The lowest BCUT2D eigenvalue weighted by atomic mass is 10.2. The number of sulfonamides is 1. The van der Waals surface area contributed by atoms with Gasteiger partial charge in [0, 0.05) is 5.69 Å². The Labute approximate surface area is 147 Å². The van der Waals surface area contributed by atoms with Crippen molar-refractivity contribution in [2.45, 2.75) is 11.8 Å². The van der Waals surface area contributed by atoms with E-state index >= 15 is 0 Å². The molecular formula is C16H14F3NO5S. The number of carbonyl (C=O) groups is 1. The molecule has 0 fully saturated rings. The first-order valence-electron chi connectivity index (χ1n) is 7.22. The van der Waals surface area contributed by atoms with Crippen molar-refractivity contribution in [2.24, 2.45) is 0 Å². The molecule has 2 aromatic rings. The number of nitrogens with one attached hydrogen (secondary N) is 1. The van der Waals surface area contributed by atoms with Gasteiger partial charge in [-0.05, 0) is 37.3 Å². The Morgan fingerprint density at radius 2 is 1.69 bits per heavy atom. The Morgan fingerprint density at radius 1 is 1.08 bits per heavy atom. The third-order valence-electron chi connectivity index (χ3n) is 3.24. The average Bonchev–Trinajstić information content (AvgIpc) is 2.60. The van der Waals surface area contributed by atoms with Gasteiger partial charge in [-0.3, -0.25) is 4.72 Å². The number of halogens is 3. The third-order valence-corrected chi connectivity index (χ3v) is 4.62. The summed E-state index contributed by atoms with van der Waals surface area (Å²) < 4.78 is 77.7. The maximum atomic E-state index is 14.0. The van der Waals surface area contributed by atoms with Crippen molar-refractivity contribution in [3.05, 3.63) is 53.3 Å². The number of hydrogen-bond donors (Lipinski definition) is 1. The predicted octanol–water partition coefficient (Wildman–Crippen LogP) is 3.09. The predicted molar refractivity (Wildman–Crippen MR) is 86.1 cm³/mol. The fraction of sp³-hybridized carbons (Fsp3) is 0.188. The molecule has 0 bridgehead atoms. The van der Waals surface area contributed by atoms with Gasteiger partial charge in [0.2, 0.25) is 0 Å². The van der Waals surface area contributed by atoms with Crippen LogP contribution in [0.5, 0.6) is 5.75 Å². The number of anilines is 1. The summed E-state index contributed by atoms with van der Waals surface area (Å²) in [5.41, 5.74) is -1.01. The molecule has 0 spiro atoms. The van der Waals surface area contributed by atoms with E-state index in [9.17, 15) is 26.4 Å². The molecule has 0 amide bonds. The molecule has 140 valence electrons. The first kappa shape index (κ1) is 19.6. The van der Waals surface area contributed by atoms with Gasteiger partial charge in [0.25, 0.3) is 10.0 Å². The van der Waals surface area contributed by atoms with E-state index in [1.807, 2.05) is 4.72 Å². The summed E-state index contributed by atoms with van der Waals surface area (Å²) in [7, 11) is -3.24. The molecule has 0 aromatic heterocycles. The summed E-state index contributed by atoms with van der Waals surface area (Å²) in [4.78, 5) is 10.4. The van der Waals surface area contributed by atoms with E-state index in [2.05, 4.69) is 4.74 Å². The van der Waals surface area contributed by atoms with Gasteiger partial charge in [0.05, 0.1) is 19.3 Å². The van der Waals surface area contributed by atoms with Crippen LogP contribution in [0.1, 0.15) is 17.3 Å². The maximum Gasteiger partial charge on any atom is 0.341 e. The number of esters is 1. The Kier molecular flexibility index (Phi) is 5.76. The molecule has 0 aliphatic heterocycles. The molecule has 10 heteroatoms. The molecule has 0 unspecified atom stereocenters. The molecule has 6 nitrogen and oxygen atoms in total. The normalized spacial score (nSPS) is 11.1. The van der Waals surface area contributed by atoms with Crippen molar-refractivity contribution in [2.75, 3.05) is 18.4 Å². The second-order valence-electron chi connectivity index (χ2n) is 4.92. The van der Waals surface area contributed by atoms with Gasteiger partial charge < -0.3 is 9.47 Å². The lowest BCUT2D eigenvalue weighted by molar-refractivity contribution is 0.0519. The molecule has 2 aromatic carbocycles. The molecule has 0 atom stereocenters. The summed E-state index contributed by atoms with van der Waals surface area (Å²) in [5, 5.41) is 0. The van der Waals surface area contributed by atoms with Crippen LogP contribution in [0.4, 0.5) is 18.9 Å². The molecule has 0 aliphatic carbocycles. The highest BCUT2D eigenvalue weighted by molar-refractivity contribution is 7.92. The number of ether oxygens (including phenoxy) is 2. The fourth-order valence-corrected chi connectivity index (χ4v) is 3.16. The Balaban J connectivity index is 2.49. The minimum absolute atomic E-state index is 0.0209. The smallest absolute Gasteiger partial charge is 0.341 e. The number of carbonyl (C=O) groups excluding carboxylic acids is 1. The highest BCUT2D eigenvalue weighted by Gasteiger charge is 2.29. The summed E-state index contributed by atoms with van der Waals surface area (Å²) in [6, 6.07) is 5.89. The lowest BCUT2D eigenvalue weighted by Crippen LogP contribution is -2.18. The number of rotatable bonds is 6. The molecule has 0 saturated heterocycles. The van der Waals surface area contributed by atoms with E-state index in [0.29, 0.717) is 11.8 Å². The van der Waals surface area contributed by atoms with Crippen LogP contribution < -0.4 is 9.46 Å². The molecule has 0 heterocycles. The van der Waals surface area contributed by atoms with E-state index in [1.54, 1.807) is 0 Å². The number of hydrogen-bond acceptors (Lipinski definition) is 5. The first-order valence-corrected chi connectivity index (χ1v) is 8.71. The van der Waals surface area contributed by atoms with Gasteiger partial charge in [-0.25, -0.2) is 26.4 Å². The SMILES string of the molecule is CCOC(=O)c1cc(S(=O)(=O)Nc2ccc(OC)cc2)c(F)c(F)c1F. The second kappa shape index (κ2) is 7.65. The van der Waals surface area contributed by atoms with E-state index in [4.69, 9.17) is 4.74 Å². The van der Waals surface area contributed by atoms with Crippen LogP contribution in [0.2, 0.25) is 0 Å². The second-order valence-corrected chi connectivity index (χ2v) is 6.57. The maximum absolute atomic E-state index is 14.0. The zero-order valence-corrected chi connectivity index (χ0v) is 14.5. The van der Waals surface area contributed by atoms with Crippen LogP contribution in [0, 0.1) is 17.5 Å². The topological polar surface area (TPSA) is 81.7 Å². The monoisotopic (exact) mass is 389 g/mol.